The van der Waals surface area contributed by atoms with Gasteiger partial charge >= 0.3 is 0 Å². The predicted octanol–water partition coefficient (Wildman–Crippen LogP) is 4.31. The molecule has 1 aliphatic heterocycles. The van der Waals surface area contributed by atoms with Crippen LogP contribution in [-0.2, 0) is 9.84 Å². The largest absolute Gasteiger partial charge is 0.497 e. The van der Waals surface area contributed by atoms with Crippen LogP contribution in [0.2, 0.25) is 0 Å². The highest BCUT2D eigenvalue weighted by molar-refractivity contribution is 7.91. The minimum atomic E-state index is -3.69. The number of pyridine rings is 1. The Kier molecular flexibility index (Phi) is 4.98. The van der Waals surface area contributed by atoms with Gasteiger partial charge in [-0.3, -0.25) is 4.98 Å². The molecule has 0 amide bonds. The Balaban J connectivity index is 1.96. The third-order valence-electron chi connectivity index (χ3n) is 5.46. The molecule has 6 heteroatoms. The summed E-state index contributed by atoms with van der Waals surface area (Å²) in [5, 5.41) is 0.811. The molecule has 2 aromatic carbocycles. The van der Waals surface area contributed by atoms with E-state index in [1.807, 2.05) is 24.3 Å². The molecule has 1 saturated heterocycles. The fraction of sp³-hybridized carbons (Fsp3) is 0.318. The number of sulfone groups is 1. The molecule has 0 spiro atoms. The summed E-state index contributed by atoms with van der Waals surface area (Å²) in [5.74, 6) is 1.34. The fourth-order valence-electron chi connectivity index (χ4n) is 3.75. The van der Waals surface area contributed by atoms with Crippen molar-refractivity contribution in [3.63, 3.8) is 0 Å². The molecular weight excluding hydrogens is 372 g/mol. The molecule has 0 atom stereocenters. The van der Waals surface area contributed by atoms with Crippen LogP contribution in [0.3, 0.4) is 0 Å². The van der Waals surface area contributed by atoms with Crippen LogP contribution in [0, 0.1) is 5.92 Å². The van der Waals surface area contributed by atoms with Gasteiger partial charge in [0.2, 0.25) is 9.84 Å². The average molecular weight is 397 g/mol. The molecular formula is C22H24N2O3S. The van der Waals surface area contributed by atoms with Crippen LogP contribution in [0.25, 0.3) is 10.9 Å². The molecule has 0 radical (unpaired) electrons. The van der Waals surface area contributed by atoms with Gasteiger partial charge in [-0.25, -0.2) is 8.42 Å². The summed E-state index contributed by atoms with van der Waals surface area (Å²) < 4.78 is 32.3. The van der Waals surface area contributed by atoms with Crippen LogP contribution in [0.5, 0.6) is 5.75 Å². The van der Waals surface area contributed by atoms with Crippen LogP contribution >= 0.6 is 0 Å². The number of rotatable bonds is 4. The summed E-state index contributed by atoms with van der Waals surface area (Å²) in [7, 11) is -2.08. The molecule has 1 aliphatic rings. The zero-order valence-electron chi connectivity index (χ0n) is 16.1. The lowest BCUT2D eigenvalue weighted by atomic mass is 9.98. The van der Waals surface area contributed by atoms with Gasteiger partial charge < -0.3 is 9.64 Å². The second-order valence-corrected chi connectivity index (χ2v) is 9.26. The Labute approximate surface area is 165 Å². The van der Waals surface area contributed by atoms with Gasteiger partial charge in [-0.1, -0.05) is 25.1 Å². The first-order chi connectivity index (χ1) is 13.5. The number of benzene rings is 2. The van der Waals surface area contributed by atoms with Gasteiger partial charge in [0.15, 0.2) is 0 Å². The number of methoxy groups -OCH3 is 1. The van der Waals surface area contributed by atoms with Gasteiger partial charge in [-0.05, 0) is 49.1 Å². The first-order valence-electron chi connectivity index (χ1n) is 9.52. The maximum absolute atomic E-state index is 13.5. The van der Waals surface area contributed by atoms with E-state index in [-0.39, 0.29) is 9.79 Å². The Morgan fingerprint density at radius 3 is 2.46 bits per heavy atom. The van der Waals surface area contributed by atoms with Gasteiger partial charge in [-0.2, -0.15) is 0 Å². The molecule has 3 aromatic rings. The Morgan fingerprint density at radius 2 is 1.79 bits per heavy atom. The van der Waals surface area contributed by atoms with Gasteiger partial charge in [0, 0.05) is 24.7 Å². The Morgan fingerprint density at radius 1 is 1.07 bits per heavy atom. The SMILES string of the molecule is COc1ccc2ncc(S(=O)(=O)c3ccccc3)c(N3CCC(C)CC3)c2c1. The number of aromatic nitrogens is 1. The molecule has 2 heterocycles. The van der Waals surface area contributed by atoms with Crippen molar-refractivity contribution < 1.29 is 13.2 Å². The molecule has 5 nitrogen and oxygen atoms in total. The summed E-state index contributed by atoms with van der Waals surface area (Å²) in [4.78, 5) is 7.19. The summed E-state index contributed by atoms with van der Waals surface area (Å²) in [6.45, 7) is 3.90. The third-order valence-corrected chi connectivity index (χ3v) is 7.23. The van der Waals surface area contributed by atoms with Crippen molar-refractivity contribution in [3.8, 4) is 5.75 Å². The monoisotopic (exact) mass is 396 g/mol. The Bertz CT molecular complexity index is 1090. The predicted molar refractivity (Wildman–Crippen MR) is 111 cm³/mol. The molecule has 28 heavy (non-hydrogen) atoms. The Hall–Kier alpha value is -2.60. The third kappa shape index (κ3) is 3.33. The highest BCUT2D eigenvalue weighted by atomic mass is 32.2. The van der Waals surface area contributed by atoms with E-state index in [1.165, 1.54) is 6.20 Å². The summed E-state index contributed by atoms with van der Waals surface area (Å²) >= 11 is 0. The number of piperidine rings is 1. The van der Waals surface area contributed by atoms with Crippen LogP contribution in [-0.4, -0.2) is 33.6 Å². The van der Waals surface area contributed by atoms with E-state index in [1.54, 1.807) is 31.4 Å². The highest BCUT2D eigenvalue weighted by Crippen LogP contribution is 2.38. The van der Waals surface area contributed by atoms with E-state index in [9.17, 15) is 8.42 Å². The first kappa shape index (κ1) is 18.7. The summed E-state index contributed by atoms with van der Waals surface area (Å²) in [5.41, 5.74) is 1.50. The maximum atomic E-state index is 13.5. The summed E-state index contributed by atoms with van der Waals surface area (Å²) in [6, 6.07) is 14.2. The van der Waals surface area contributed by atoms with E-state index in [4.69, 9.17) is 4.74 Å². The molecule has 0 N–H and O–H groups in total. The molecule has 0 unspecified atom stereocenters. The molecule has 0 bridgehead atoms. The average Bonchev–Trinajstić information content (AvgIpc) is 2.73. The van der Waals surface area contributed by atoms with Crippen molar-refractivity contribution in [2.45, 2.75) is 29.6 Å². The second-order valence-electron chi connectivity index (χ2n) is 7.34. The highest BCUT2D eigenvalue weighted by Gasteiger charge is 2.28. The molecule has 0 aliphatic carbocycles. The molecule has 1 fully saturated rings. The number of fused-ring (bicyclic) bond motifs is 1. The standard InChI is InChI=1S/C22H24N2O3S/c1-16-10-12-24(13-11-16)22-19-14-17(27-2)8-9-20(19)23-15-21(22)28(25,26)18-6-4-3-5-7-18/h3-9,14-16H,10-13H2,1-2H3. The lowest BCUT2D eigenvalue weighted by Gasteiger charge is -2.34. The number of nitrogens with zero attached hydrogens (tertiary/aromatic N) is 2. The number of hydrogen-bond donors (Lipinski definition) is 0. The van der Waals surface area contributed by atoms with Crippen molar-refractivity contribution in [2.75, 3.05) is 25.1 Å². The van der Waals surface area contributed by atoms with E-state index >= 15 is 0 Å². The van der Waals surface area contributed by atoms with Gasteiger partial charge in [0.1, 0.15) is 10.6 Å². The zero-order valence-corrected chi connectivity index (χ0v) is 16.9. The van der Waals surface area contributed by atoms with Crippen molar-refractivity contribution in [2.24, 2.45) is 5.92 Å². The smallest absolute Gasteiger partial charge is 0.210 e. The van der Waals surface area contributed by atoms with Crippen molar-refractivity contribution in [3.05, 3.63) is 54.7 Å². The molecule has 4 rings (SSSR count). The van der Waals surface area contributed by atoms with Crippen molar-refractivity contribution >= 4 is 26.4 Å². The maximum Gasteiger partial charge on any atom is 0.210 e. The number of ether oxygens (including phenoxy) is 1. The van der Waals surface area contributed by atoms with Crippen LogP contribution in [0.1, 0.15) is 19.8 Å². The van der Waals surface area contributed by atoms with E-state index in [2.05, 4.69) is 16.8 Å². The first-order valence-corrected chi connectivity index (χ1v) is 11.0. The van der Waals surface area contributed by atoms with Gasteiger partial charge in [-0.15, -0.1) is 0 Å². The number of anilines is 1. The van der Waals surface area contributed by atoms with Crippen molar-refractivity contribution in [1.82, 2.24) is 4.98 Å². The van der Waals surface area contributed by atoms with Crippen LogP contribution < -0.4 is 9.64 Å². The minimum Gasteiger partial charge on any atom is -0.497 e. The van der Waals surface area contributed by atoms with E-state index in [0.717, 1.165) is 42.5 Å². The normalized spacial score (nSPS) is 15.7. The molecule has 0 saturated carbocycles. The van der Waals surface area contributed by atoms with E-state index in [0.29, 0.717) is 11.7 Å². The fourth-order valence-corrected chi connectivity index (χ4v) is 5.20. The van der Waals surface area contributed by atoms with Crippen LogP contribution in [0.4, 0.5) is 5.69 Å². The minimum absolute atomic E-state index is 0.258. The van der Waals surface area contributed by atoms with Crippen LogP contribution in [0.15, 0.2) is 64.5 Å². The quantitative estimate of drug-likeness (QED) is 0.658. The van der Waals surface area contributed by atoms with Gasteiger partial charge in [0.25, 0.3) is 0 Å². The van der Waals surface area contributed by atoms with E-state index < -0.39 is 9.84 Å². The second kappa shape index (κ2) is 7.43. The van der Waals surface area contributed by atoms with Gasteiger partial charge in [0.05, 0.1) is 23.2 Å². The topological polar surface area (TPSA) is 59.5 Å². The molecule has 146 valence electrons. The number of hydrogen-bond acceptors (Lipinski definition) is 5. The van der Waals surface area contributed by atoms with Crippen molar-refractivity contribution in [1.29, 1.82) is 0 Å². The zero-order chi connectivity index (χ0) is 19.7. The molecule has 1 aromatic heterocycles. The lowest BCUT2D eigenvalue weighted by Crippen LogP contribution is -2.34. The summed E-state index contributed by atoms with van der Waals surface area (Å²) in [6.07, 6.45) is 3.59. The lowest BCUT2D eigenvalue weighted by molar-refractivity contribution is 0.415.